The fourth-order valence-electron chi connectivity index (χ4n) is 1.76. The Morgan fingerprint density at radius 3 is 2.93 bits per heavy atom. The van der Waals surface area contributed by atoms with Crippen LogP contribution in [0.1, 0.15) is 23.0 Å². The third kappa shape index (κ3) is 2.32. The van der Waals surface area contributed by atoms with E-state index in [1.807, 2.05) is 6.07 Å². The maximum absolute atomic E-state index is 5.91. The van der Waals surface area contributed by atoms with Crippen LogP contribution in [0.4, 0.5) is 0 Å². The van der Waals surface area contributed by atoms with E-state index in [2.05, 4.69) is 28.9 Å². The summed E-state index contributed by atoms with van der Waals surface area (Å²) in [5.74, 6) is 0.583. The summed E-state index contributed by atoms with van der Waals surface area (Å²) in [6.07, 6.45) is 1.53. The normalized spacial score (nSPS) is 29.4. The predicted octanol–water partition coefficient (Wildman–Crippen LogP) is 4.26. The largest absolute Gasteiger partial charge is 0.378 e. The van der Waals surface area contributed by atoms with E-state index < -0.39 is 0 Å². The van der Waals surface area contributed by atoms with Crippen LogP contribution in [0.25, 0.3) is 0 Å². The van der Waals surface area contributed by atoms with E-state index in [0.717, 1.165) is 17.4 Å². The molecule has 1 aliphatic rings. The van der Waals surface area contributed by atoms with Gasteiger partial charge in [0.15, 0.2) is 0 Å². The van der Waals surface area contributed by atoms with Crippen molar-refractivity contribution in [1.29, 1.82) is 0 Å². The van der Waals surface area contributed by atoms with E-state index in [0.29, 0.717) is 16.8 Å². The summed E-state index contributed by atoms with van der Waals surface area (Å²) >= 11 is 11.3. The molecule has 14 heavy (non-hydrogen) atoms. The van der Waals surface area contributed by atoms with E-state index in [1.54, 1.807) is 11.3 Å². The highest BCUT2D eigenvalue weighted by molar-refractivity contribution is 9.09. The molecule has 3 unspecified atom stereocenters. The summed E-state index contributed by atoms with van der Waals surface area (Å²) in [5.41, 5.74) is 0. The van der Waals surface area contributed by atoms with Crippen molar-refractivity contribution >= 4 is 38.9 Å². The van der Waals surface area contributed by atoms with Crippen molar-refractivity contribution in [2.75, 3.05) is 6.61 Å². The highest BCUT2D eigenvalue weighted by Gasteiger charge is 2.29. The Kier molecular flexibility index (Phi) is 3.53. The van der Waals surface area contributed by atoms with Gasteiger partial charge in [-0.2, -0.15) is 0 Å². The van der Waals surface area contributed by atoms with Crippen LogP contribution < -0.4 is 0 Å². The van der Waals surface area contributed by atoms with Crippen LogP contribution in [0.3, 0.4) is 0 Å². The molecule has 0 N–H and O–H groups in total. The lowest BCUT2D eigenvalue weighted by Crippen LogP contribution is -2.05. The highest BCUT2D eigenvalue weighted by Crippen LogP contribution is 2.41. The van der Waals surface area contributed by atoms with Crippen molar-refractivity contribution in [3.8, 4) is 0 Å². The number of alkyl halides is 1. The zero-order valence-corrected chi connectivity index (χ0v) is 11.0. The molecule has 1 nitrogen and oxygen atoms in total. The third-order valence-corrected chi connectivity index (χ3v) is 5.37. The Labute approximate surface area is 102 Å². The van der Waals surface area contributed by atoms with E-state index in [-0.39, 0.29) is 0 Å². The van der Waals surface area contributed by atoms with Gasteiger partial charge in [-0.25, -0.2) is 0 Å². The number of thiophene rings is 1. The van der Waals surface area contributed by atoms with E-state index in [4.69, 9.17) is 16.3 Å². The van der Waals surface area contributed by atoms with Crippen LogP contribution in [0.5, 0.6) is 0 Å². The average Bonchev–Trinajstić information content (AvgIpc) is 2.73. The number of hydrogen-bond donors (Lipinski definition) is 0. The molecular formula is C10H12BrClOS. The smallest absolute Gasteiger partial charge is 0.0931 e. The van der Waals surface area contributed by atoms with Gasteiger partial charge in [0.1, 0.15) is 0 Å². The van der Waals surface area contributed by atoms with Gasteiger partial charge in [-0.15, -0.1) is 11.3 Å². The van der Waals surface area contributed by atoms with Crippen LogP contribution in [-0.4, -0.2) is 12.7 Å². The fourth-order valence-corrected chi connectivity index (χ4v) is 3.70. The summed E-state index contributed by atoms with van der Waals surface area (Å²) < 4.78 is 6.41. The SMILES string of the molecule is CC1CC(C(Br)c2ccc(Cl)s2)CO1. The highest BCUT2D eigenvalue weighted by atomic mass is 79.9. The fraction of sp³-hybridized carbons (Fsp3) is 0.600. The van der Waals surface area contributed by atoms with Gasteiger partial charge in [0.05, 0.1) is 21.9 Å². The van der Waals surface area contributed by atoms with Crippen LogP contribution >= 0.6 is 38.9 Å². The van der Waals surface area contributed by atoms with Gasteiger partial charge in [0.25, 0.3) is 0 Å². The molecular weight excluding hydrogens is 284 g/mol. The van der Waals surface area contributed by atoms with Crippen molar-refractivity contribution in [2.45, 2.75) is 24.3 Å². The molecule has 0 bridgehead atoms. The van der Waals surface area contributed by atoms with Crippen molar-refractivity contribution in [3.63, 3.8) is 0 Å². The molecule has 4 heteroatoms. The molecule has 0 aliphatic carbocycles. The first-order chi connectivity index (χ1) is 6.66. The summed E-state index contributed by atoms with van der Waals surface area (Å²) in [4.78, 5) is 1.70. The minimum Gasteiger partial charge on any atom is -0.378 e. The quantitative estimate of drug-likeness (QED) is 0.741. The molecule has 1 saturated heterocycles. The summed E-state index contributed by atoms with van der Waals surface area (Å²) in [6.45, 7) is 2.98. The molecule has 2 heterocycles. The molecule has 0 radical (unpaired) electrons. The molecule has 0 saturated carbocycles. The molecule has 2 rings (SSSR count). The first-order valence-corrected chi connectivity index (χ1v) is 6.78. The molecule has 1 fully saturated rings. The molecule has 0 spiro atoms. The Hall–Kier alpha value is 0.430. The maximum atomic E-state index is 5.91. The minimum atomic E-state index is 0.393. The van der Waals surface area contributed by atoms with E-state index in [1.165, 1.54) is 4.88 Å². The van der Waals surface area contributed by atoms with Crippen LogP contribution in [0, 0.1) is 5.92 Å². The Bertz CT molecular complexity index is 315. The monoisotopic (exact) mass is 294 g/mol. The average molecular weight is 296 g/mol. The van der Waals surface area contributed by atoms with Crippen molar-refractivity contribution in [3.05, 3.63) is 21.3 Å². The molecule has 78 valence electrons. The Balaban J connectivity index is 2.05. The van der Waals surface area contributed by atoms with Crippen molar-refractivity contribution in [2.24, 2.45) is 5.92 Å². The first kappa shape index (κ1) is 10.9. The lowest BCUT2D eigenvalue weighted by molar-refractivity contribution is 0.120. The van der Waals surface area contributed by atoms with Crippen LogP contribution in [-0.2, 0) is 4.74 Å². The molecule has 0 aromatic carbocycles. The van der Waals surface area contributed by atoms with Gasteiger partial charge in [-0.05, 0) is 25.5 Å². The lowest BCUT2D eigenvalue weighted by atomic mass is 10.0. The van der Waals surface area contributed by atoms with E-state index >= 15 is 0 Å². The predicted molar refractivity (Wildman–Crippen MR) is 64.5 cm³/mol. The third-order valence-electron chi connectivity index (χ3n) is 2.51. The number of halogens is 2. The molecule has 1 aromatic heterocycles. The second-order valence-electron chi connectivity index (χ2n) is 3.68. The summed E-state index contributed by atoms with van der Waals surface area (Å²) in [7, 11) is 0. The topological polar surface area (TPSA) is 9.23 Å². The van der Waals surface area contributed by atoms with Crippen LogP contribution in [0.2, 0.25) is 4.34 Å². The lowest BCUT2D eigenvalue weighted by Gasteiger charge is -2.13. The first-order valence-electron chi connectivity index (χ1n) is 4.67. The second kappa shape index (κ2) is 4.52. The Morgan fingerprint density at radius 1 is 1.64 bits per heavy atom. The molecule has 3 atom stereocenters. The minimum absolute atomic E-state index is 0.393. The zero-order chi connectivity index (χ0) is 10.1. The summed E-state index contributed by atoms with van der Waals surface area (Å²) in [6, 6.07) is 4.05. The maximum Gasteiger partial charge on any atom is 0.0931 e. The van der Waals surface area contributed by atoms with Crippen LogP contribution in [0.15, 0.2) is 12.1 Å². The van der Waals surface area contributed by atoms with Gasteiger partial charge in [0, 0.05) is 10.8 Å². The zero-order valence-electron chi connectivity index (χ0n) is 7.87. The molecule has 0 amide bonds. The second-order valence-corrected chi connectivity index (χ2v) is 6.42. The van der Waals surface area contributed by atoms with Gasteiger partial charge in [-0.3, -0.25) is 0 Å². The Morgan fingerprint density at radius 2 is 2.43 bits per heavy atom. The number of ether oxygens (including phenoxy) is 1. The van der Waals surface area contributed by atoms with Gasteiger partial charge < -0.3 is 4.74 Å². The standard InChI is InChI=1S/C10H12BrClOS/c1-6-4-7(5-13-6)10(11)8-2-3-9(12)14-8/h2-3,6-7,10H,4-5H2,1H3. The van der Waals surface area contributed by atoms with Crippen molar-refractivity contribution in [1.82, 2.24) is 0 Å². The molecule has 1 aliphatic heterocycles. The van der Waals surface area contributed by atoms with Gasteiger partial charge in [-0.1, -0.05) is 27.5 Å². The van der Waals surface area contributed by atoms with E-state index in [9.17, 15) is 0 Å². The molecule has 1 aromatic rings. The van der Waals surface area contributed by atoms with Gasteiger partial charge in [0.2, 0.25) is 0 Å². The van der Waals surface area contributed by atoms with Crippen molar-refractivity contribution < 1.29 is 4.74 Å². The summed E-state index contributed by atoms with van der Waals surface area (Å²) in [5, 5.41) is 0. The number of rotatable bonds is 2. The van der Waals surface area contributed by atoms with Gasteiger partial charge >= 0.3 is 0 Å². The number of hydrogen-bond acceptors (Lipinski definition) is 2.